The molecule has 1 amide bonds. The summed E-state index contributed by atoms with van der Waals surface area (Å²) in [5.41, 5.74) is 0.374. The number of benzene rings is 2. The van der Waals surface area contributed by atoms with Crippen molar-refractivity contribution in [2.24, 2.45) is 0 Å². The van der Waals surface area contributed by atoms with Crippen LogP contribution in [-0.2, 0) is 11.2 Å². The topological polar surface area (TPSA) is 72.7 Å². The molecule has 0 N–H and O–H groups in total. The predicted molar refractivity (Wildman–Crippen MR) is 94.1 cm³/mol. The second kappa shape index (κ2) is 8.44. The number of para-hydroxylation sites is 1. The molecule has 0 aliphatic carbocycles. The van der Waals surface area contributed by atoms with Crippen LogP contribution in [0.4, 0.5) is 5.69 Å². The van der Waals surface area contributed by atoms with Crippen molar-refractivity contribution in [3.63, 3.8) is 0 Å². The Morgan fingerprint density at radius 1 is 1.21 bits per heavy atom. The Kier molecular flexibility index (Phi) is 6.31. The summed E-state index contributed by atoms with van der Waals surface area (Å²) in [4.78, 5) is 24.2. The number of likely N-dealkylation sites (N-methyl/N-ethyl adjacent to an activating group) is 1. The van der Waals surface area contributed by atoms with Gasteiger partial charge in [0.1, 0.15) is 12.4 Å². The normalized spacial score (nSPS) is 10.2. The molecule has 7 heteroatoms. The fourth-order valence-electron chi connectivity index (χ4n) is 2.09. The summed E-state index contributed by atoms with van der Waals surface area (Å²) in [6.45, 7) is 0.746. The summed E-state index contributed by atoms with van der Waals surface area (Å²) < 4.78 is 6.54. The maximum Gasteiger partial charge on any atom is 0.273 e. The lowest BCUT2D eigenvalue weighted by Gasteiger charge is -2.17. The molecule has 0 aromatic heterocycles. The van der Waals surface area contributed by atoms with Crippen molar-refractivity contribution < 1.29 is 14.5 Å². The van der Waals surface area contributed by atoms with Crippen molar-refractivity contribution in [2.45, 2.75) is 6.42 Å². The van der Waals surface area contributed by atoms with Crippen LogP contribution in [0.2, 0.25) is 0 Å². The van der Waals surface area contributed by atoms with Gasteiger partial charge in [0, 0.05) is 23.2 Å². The van der Waals surface area contributed by atoms with E-state index in [0.717, 1.165) is 10.2 Å². The third-order valence-electron chi connectivity index (χ3n) is 3.46. The number of halogens is 1. The highest BCUT2D eigenvalue weighted by Crippen LogP contribution is 2.19. The fraction of sp³-hybridized carbons (Fsp3) is 0.235. The smallest absolute Gasteiger partial charge is 0.273 e. The van der Waals surface area contributed by atoms with Crippen LogP contribution in [0.15, 0.2) is 53.0 Å². The average Bonchev–Trinajstić information content (AvgIpc) is 2.56. The van der Waals surface area contributed by atoms with Crippen molar-refractivity contribution in [2.75, 3.05) is 20.2 Å². The molecular formula is C17H17BrN2O4. The first-order chi connectivity index (χ1) is 11.5. The van der Waals surface area contributed by atoms with Crippen LogP contribution >= 0.6 is 15.9 Å². The van der Waals surface area contributed by atoms with E-state index in [1.165, 1.54) is 11.0 Å². The summed E-state index contributed by atoms with van der Waals surface area (Å²) in [7, 11) is 1.65. The van der Waals surface area contributed by atoms with Crippen molar-refractivity contribution >= 4 is 27.5 Å². The van der Waals surface area contributed by atoms with Crippen molar-refractivity contribution in [3.05, 3.63) is 68.7 Å². The van der Waals surface area contributed by atoms with Crippen LogP contribution in [0, 0.1) is 10.1 Å². The molecule has 0 saturated carbocycles. The molecule has 0 radical (unpaired) electrons. The van der Waals surface area contributed by atoms with Crippen molar-refractivity contribution in [1.82, 2.24) is 4.90 Å². The summed E-state index contributed by atoms with van der Waals surface area (Å²) in [5.74, 6) is 0.529. The molecule has 0 spiro atoms. The third-order valence-corrected chi connectivity index (χ3v) is 3.99. The molecule has 0 unspecified atom stereocenters. The van der Waals surface area contributed by atoms with Gasteiger partial charge in [0.05, 0.1) is 17.9 Å². The molecule has 2 aromatic carbocycles. The van der Waals surface area contributed by atoms with Gasteiger partial charge in [-0.05, 0) is 24.3 Å². The molecule has 0 bridgehead atoms. The summed E-state index contributed by atoms with van der Waals surface area (Å²) in [6.07, 6.45) is -0.00800. The van der Waals surface area contributed by atoms with Gasteiger partial charge in [-0.3, -0.25) is 14.9 Å². The van der Waals surface area contributed by atoms with E-state index in [1.807, 2.05) is 24.3 Å². The van der Waals surface area contributed by atoms with Gasteiger partial charge in [-0.1, -0.05) is 34.1 Å². The minimum absolute atomic E-state index is 0.00800. The Bertz CT molecular complexity index is 719. The fourth-order valence-corrected chi connectivity index (χ4v) is 2.36. The molecular weight excluding hydrogens is 376 g/mol. The van der Waals surface area contributed by atoms with Crippen LogP contribution in [0.3, 0.4) is 0 Å². The van der Waals surface area contributed by atoms with E-state index >= 15 is 0 Å². The molecule has 0 heterocycles. The highest BCUT2D eigenvalue weighted by Gasteiger charge is 2.17. The number of hydrogen-bond donors (Lipinski definition) is 0. The summed E-state index contributed by atoms with van der Waals surface area (Å²) in [6, 6.07) is 13.7. The molecule has 0 saturated heterocycles. The van der Waals surface area contributed by atoms with Crippen LogP contribution < -0.4 is 4.74 Å². The number of amides is 1. The second-order valence-electron chi connectivity index (χ2n) is 5.18. The predicted octanol–water partition coefficient (Wildman–Crippen LogP) is 3.44. The van der Waals surface area contributed by atoms with Gasteiger partial charge in [-0.25, -0.2) is 0 Å². The second-order valence-corrected chi connectivity index (χ2v) is 6.10. The van der Waals surface area contributed by atoms with Crippen LogP contribution in [0.25, 0.3) is 0 Å². The van der Waals surface area contributed by atoms with Crippen molar-refractivity contribution in [3.8, 4) is 5.75 Å². The molecule has 0 aliphatic rings. The first-order valence-electron chi connectivity index (χ1n) is 7.32. The maximum absolute atomic E-state index is 12.2. The number of carbonyl (C=O) groups excluding carboxylic acids is 1. The maximum atomic E-state index is 12.2. The van der Waals surface area contributed by atoms with Crippen molar-refractivity contribution in [1.29, 1.82) is 0 Å². The minimum Gasteiger partial charge on any atom is -0.492 e. The molecule has 6 nitrogen and oxygen atoms in total. The third kappa shape index (κ3) is 5.06. The number of nitrogens with zero attached hydrogens (tertiary/aromatic N) is 2. The SMILES string of the molecule is CN(CCOc1ccc(Br)cc1)C(=O)Cc1ccccc1[N+](=O)[O-]. The zero-order valence-electron chi connectivity index (χ0n) is 13.1. The monoisotopic (exact) mass is 392 g/mol. The zero-order chi connectivity index (χ0) is 17.5. The standard InChI is InChI=1S/C17H17BrN2O4/c1-19(10-11-24-15-8-6-14(18)7-9-15)17(21)12-13-4-2-3-5-16(13)20(22)23/h2-9H,10-12H2,1H3. The zero-order valence-corrected chi connectivity index (χ0v) is 14.7. The first-order valence-corrected chi connectivity index (χ1v) is 8.11. The van der Waals surface area contributed by atoms with Gasteiger partial charge in [0.25, 0.3) is 5.69 Å². The van der Waals surface area contributed by atoms with Gasteiger partial charge < -0.3 is 9.64 Å². The Balaban J connectivity index is 1.86. The molecule has 2 aromatic rings. The Morgan fingerprint density at radius 3 is 2.54 bits per heavy atom. The Labute approximate surface area is 148 Å². The molecule has 0 atom stereocenters. The minimum atomic E-state index is -0.473. The molecule has 2 rings (SSSR count). The van der Waals surface area contributed by atoms with E-state index in [2.05, 4.69) is 15.9 Å². The number of nitro benzene ring substituents is 1. The highest BCUT2D eigenvalue weighted by molar-refractivity contribution is 9.10. The average molecular weight is 393 g/mol. The largest absolute Gasteiger partial charge is 0.492 e. The lowest BCUT2D eigenvalue weighted by Crippen LogP contribution is -2.32. The Morgan fingerprint density at radius 2 is 1.88 bits per heavy atom. The molecule has 126 valence electrons. The van der Waals surface area contributed by atoms with E-state index in [-0.39, 0.29) is 18.0 Å². The number of hydrogen-bond acceptors (Lipinski definition) is 4. The quantitative estimate of drug-likeness (QED) is 0.534. The van der Waals surface area contributed by atoms with E-state index in [4.69, 9.17) is 4.74 Å². The number of nitro groups is 1. The summed E-state index contributed by atoms with van der Waals surface area (Å²) >= 11 is 3.35. The van der Waals surface area contributed by atoms with Gasteiger partial charge in [0.2, 0.25) is 5.91 Å². The first kappa shape index (κ1) is 17.9. The molecule has 24 heavy (non-hydrogen) atoms. The van der Waals surface area contributed by atoms with E-state index < -0.39 is 4.92 Å². The van der Waals surface area contributed by atoms with Crippen LogP contribution in [-0.4, -0.2) is 35.9 Å². The highest BCUT2D eigenvalue weighted by atomic mass is 79.9. The van der Waals surface area contributed by atoms with Gasteiger partial charge in [-0.2, -0.15) is 0 Å². The lowest BCUT2D eigenvalue weighted by molar-refractivity contribution is -0.385. The lowest BCUT2D eigenvalue weighted by atomic mass is 10.1. The van der Waals surface area contributed by atoms with E-state index in [1.54, 1.807) is 25.2 Å². The van der Waals surface area contributed by atoms with Crippen LogP contribution in [0.1, 0.15) is 5.56 Å². The van der Waals surface area contributed by atoms with Gasteiger partial charge >= 0.3 is 0 Å². The number of carbonyl (C=O) groups is 1. The number of rotatable bonds is 7. The molecule has 0 aliphatic heterocycles. The van der Waals surface area contributed by atoms with Crippen LogP contribution in [0.5, 0.6) is 5.75 Å². The van der Waals surface area contributed by atoms with E-state index in [9.17, 15) is 14.9 Å². The van der Waals surface area contributed by atoms with E-state index in [0.29, 0.717) is 18.7 Å². The van der Waals surface area contributed by atoms with Gasteiger partial charge in [-0.15, -0.1) is 0 Å². The molecule has 0 fully saturated rings. The Hall–Kier alpha value is -2.41. The number of ether oxygens (including phenoxy) is 1. The summed E-state index contributed by atoms with van der Waals surface area (Å²) in [5, 5.41) is 11.0. The van der Waals surface area contributed by atoms with Gasteiger partial charge in [0.15, 0.2) is 0 Å².